The fourth-order valence-corrected chi connectivity index (χ4v) is 2.06. The Kier molecular flexibility index (Phi) is 4.63. The Morgan fingerprint density at radius 2 is 2.14 bits per heavy atom. The SMILES string of the molecule is CCCCC(=O)c1cc(Cl)cc(Br)c1. The smallest absolute Gasteiger partial charge is 0.162 e. The van der Waals surface area contributed by atoms with Crippen LogP contribution in [0.15, 0.2) is 22.7 Å². The standard InChI is InChI=1S/C11H12BrClO/c1-2-3-4-11(14)8-5-9(12)7-10(13)6-8/h5-7H,2-4H2,1H3. The van der Waals surface area contributed by atoms with Crippen molar-refractivity contribution in [2.45, 2.75) is 26.2 Å². The summed E-state index contributed by atoms with van der Waals surface area (Å²) in [6.45, 7) is 2.07. The molecule has 0 aliphatic carbocycles. The average molecular weight is 276 g/mol. The van der Waals surface area contributed by atoms with Gasteiger partial charge >= 0.3 is 0 Å². The molecule has 0 atom stereocenters. The number of carbonyl (C=O) groups is 1. The topological polar surface area (TPSA) is 17.1 Å². The fraction of sp³-hybridized carbons (Fsp3) is 0.364. The van der Waals surface area contributed by atoms with Crippen molar-refractivity contribution in [3.8, 4) is 0 Å². The molecular formula is C11H12BrClO. The zero-order chi connectivity index (χ0) is 10.6. The van der Waals surface area contributed by atoms with E-state index in [-0.39, 0.29) is 5.78 Å². The molecule has 76 valence electrons. The van der Waals surface area contributed by atoms with Crippen molar-refractivity contribution >= 4 is 33.3 Å². The van der Waals surface area contributed by atoms with Gasteiger partial charge in [-0.3, -0.25) is 4.79 Å². The van der Waals surface area contributed by atoms with E-state index in [0.717, 1.165) is 17.3 Å². The third kappa shape index (κ3) is 3.43. The number of rotatable bonds is 4. The van der Waals surface area contributed by atoms with Crippen molar-refractivity contribution in [3.63, 3.8) is 0 Å². The summed E-state index contributed by atoms with van der Waals surface area (Å²) in [6.07, 6.45) is 2.57. The molecule has 1 nitrogen and oxygen atoms in total. The quantitative estimate of drug-likeness (QED) is 0.741. The number of hydrogen-bond donors (Lipinski definition) is 0. The molecule has 0 heterocycles. The molecule has 3 heteroatoms. The summed E-state index contributed by atoms with van der Waals surface area (Å²) in [4.78, 5) is 11.6. The Morgan fingerprint density at radius 3 is 2.71 bits per heavy atom. The van der Waals surface area contributed by atoms with Gasteiger partial charge in [0, 0.05) is 21.5 Å². The lowest BCUT2D eigenvalue weighted by Gasteiger charge is -2.01. The zero-order valence-electron chi connectivity index (χ0n) is 8.02. The number of benzene rings is 1. The van der Waals surface area contributed by atoms with Gasteiger partial charge in [0.1, 0.15) is 0 Å². The summed E-state index contributed by atoms with van der Waals surface area (Å²) in [5.41, 5.74) is 0.692. The molecule has 0 aliphatic rings. The number of ketones is 1. The van der Waals surface area contributed by atoms with Crippen molar-refractivity contribution in [2.24, 2.45) is 0 Å². The van der Waals surface area contributed by atoms with Crippen LogP contribution in [0.2, 0.25) is 5.02 Å². The van der Waals surface area contributed by atoms with E-state index in [1.165, 1.54) is 0 Å². The summed E-state index contributed by atoms with van der Waals surface area (Å²) < 4.78 is 0.852. The number of carbonyl (C=O) groups excluding carboxylic acids is 1. The molecule has 1 aromatic carbocycles. The van der Waals surface area contributed by atoms with Crippen LogP contribution in [-0.2, 0) is 0 Å². The first kappa shape index (κ1) is 11.7. The van der Waals surface area contributed by atoms with Crippen LogP contribution in [0.5, 0.6) is 0 Å². The average Bonchev–Trinajstić information content (AvgIpc) is 2.12. The lowest BCUT2D eigenvalue weighted by atomic mass is 10.1. The van der Waals surface area contributed by atoms with E-state index in [1.807, 2.05) is 6.07 Å². The Morgan fingerprint density at radius 1 is 1.43 bits per heavy atom. The van der Waals surface area contributed by atoms with E-state index in [2.05, 4.69) is 22.9 Å². The molecule has 0 saturated heterocycles. The predicted octanol–water partition coefficient (Wildman–Crippen LogP) is 4.48. The lowest BCUT2D eigenvalue weighted by molar-refractivity contribution is 0.0979. The molecule has 1 aromatic rings. The minimum Gasteiger partial charge on any atom is -0.294 e. The van der Waals surface area contributed by atoms with Crippen LogP contribution < -0.4 is 0 Å². The van der Waals surface area contributed by atoms with E-state index in [0.29, 0.717) is 17.0 Å². The molecule has 0 spiro atoms. The van der Waals surface area contributed by atoms with Gasteiger partial charge in [0.05, 0.1) is 0 Å². The van der Waals surface area contributed by atoms with E-state index in [1.54, 1.807) is 12.1 Å². The summed E-state index contributed by atoms with van der Waals surface area (Å²) in [7, 11) is 0. The molecule has 0 N–H and O–H groups in total. The van der Waals surface area contributed by atoms with Gasteiger partial charge in [-0.15, -0.1) is 0 Å². The maximum Gasteiger partial charge on any atom is 0.162 e. The van der Waals surface area contributed by atoms with Crippen LogP contribution >= 0.6 is 27.5 Å². The highest BCUT2D eigenvalue weighted by atomic mass is 79.9. The summed E-state index contributed by atoms with van der Waals surface area (Å²) in [6, 6.07) is 5.30. The summed E-state index contributed by atoms with van der Waals surface area (Å²) in [5.74, 6) is 0.162. The molecule has 1 rings (SSSR count). The summed E-state index contributed by atoms with van der Waals surface area (Å²) >= 11 is 9.16. The second kappa shape index (κ2) is 5.52. The Balaban J connectivity index is 2.79. The van der Waals surface area contributed by atoms with Crippen LogP contribution in [0, 0.1) is 0 Å². The number of Topliss-reactive ketones (excluding diaryl/α,β-unsaturated/α-hetero) is 1. The first-order chi connectivity index (χ1) is 6.63. The Labute approximate surface area is 97.6 Å². The molecule has 0 saturated carbocycles. The van der Waals surface area contributed by atoms with Gasteiger partial charge in [0.2, 0.25) is 0 Å². The van der Waals surface area contributed by atoms with Gasteiger partial charge in [0.25, 0.3) is 0 Å². The fourth-order valence-electron chi connectivity index (χ4n) is 1.20. The molecular weight excluding hydrogens is 263 g/mol. The van der Waals surface area contributed by atoms with E-state index in [9.17, 15) is 4.79 Å². The zero-order valence-corrected chi connectivity index (χ0v) is 10.4. The summed E-state index contributed by atoms with van der Waals surface area (Å²) in [5, 5.41) is 0.597. The Hall–Kier alpha value is -0.340. The number of unbranched alkanes of at least 4 members (excludes halogenated alkanes) is 1. The van der Waals surface area contributed by atoms with Crippen LogP contribution in [-0.4, -0.2) is 5.78 Å². The minimum atomic E-state index is 0.162. The van der Waals surface area contributed by atoms with Crippen molar-refractivity contribution in [3.05, 3.63) is 33.3 Å². The highest BCUT2D eigenvalue weighted by Crippen LogP contribution is 2.20. The molecule has 0 aliphatic heterocycles. The third-order valence-corrected chi connectivity index (χ3v) is 2.62. The normalized spacial score (nSPS) is 10.2. The van der Waals surface area contributed by atoms with E-state index in [4.69, 9.17) is 11.6 Å². The van der Waals surface area contributed by atoms with Gasteiger partial charge in [-0.25, -0.2) is 0 Å². The predicted molar refractivity (Wildman–Crippen MR) is 63.0 cm³/mol. The molecule has 14 heavy (non-hydrogen) atoms. The monoisotopic (exact) mass is 274 g/mol. The maximum atomic E-state index is 11.6. The molecule has 0 radical (unpaired) electrons. The second-order valence-electron chi connectivity index (χ2n) is 3.18. The number of hydrogen-bond acceptors (Lipinski definition) is 1. The Bertz CT molecular complexity index is 316. The van der Waals surface area contributed by atoms with Gasteiger partial charge in [-0.1, -0.05) is 40.9 Å². The molecule has 0 amide bonds. The highest BCUT2D eigenvalue weighted by molar-refractivity contribution is 9.10. The third-order valence-electron chi connectivity index (χ3n) is 1.94. The minimum absolute atomic E-state index is 0.162. The van der Waals surface area contributed by atoms with Crippen molar-refractivity contribution in [1.82, 2.24) is 0 Å². The molecule has 0 aromatic heterocycles. The maximum absolute atomic E-state index is 11.6. The van der Waals surface area contributed by atoms with Gasteiger partial charge in [-0.05, 0) is 24.6 Å². The van der Waals surface area contributed by atoms with Crippen LogP contribution in [0.25, 0.3) is 0 Å². The first-order valence-corrected chi connectivity index (χ1v) is 5.80. The number of halogens is 2. The van der Waals surface area contributed by atoms with Gasteiger partial charge < -0.3 is 0 Å². The highest BCUT2D eigenvalue weighted by Gasteiger charge is 2.06. The van der Waals surface area contributed by atoms with Crippen molar-refractivity contribution in [1.29, 1.82) is 0 Å². The van der Waals surface area contributed by atoms with Crippen molar-refractivity contribution in [2.75, 3.05) is 0 Å². The molecule has 0 fully saturated rings. The van der Waals surface area contributed by atoms with Gasteiger partial charge in [-0.2, -0.15) is 0 Å². The molecule has 0 unspecified atom stereocenters. The lowest BCUT2D eigenvalue weighted by Crippen LogP contribution is -1.98. The van der Waals surface area contributed by atoms with Crippen molar-refractivity contribution < 1.29 is 4.79 Å². The van der Waals surface area contributed by atoms with Crippen LogP contribution in [0.3, 0.4) is 0 Å². The van der Waals surface area contributed by atoms with Crippen LogP contribution in [0.1, 0.15) is 36.5 Å². The first-order valence-electron chi connectivity index (χ1n) is 4.62. The van der Waals surface area contributed by atoms with E-state index >= 15 is 0 Å². The van der Waals surface area contributed by atoms with E-state index < -0.39 is 0 Å². The largest absolute Gasteiger partial charge is 0.294 e. The second-order valence-corrected chi connectivity index (χ2v) is 4.54. The molecule has 0 bridgehead atoms. The van der Waals surface area contributed by atoms with Gasteiger partial charge in [0.15, 0.2) is 5.78 Å². The van der Waals surface area contributed by atoms with Crippen LogP contribution in [0.4, 0.5) is 0 Å².